The van der Waals surface area contributed by atoms with Gasteiger partial charge in [-0.1, -0.05) is 17.7 Å². The molecule has 0 atom stereocenters. The van der Waals surface area contributed by atoms with E-state index < -0.39 is 10.0 Å². The summed E-state index contributed by atoms with van der Waals surface area (Å²) in [4.78, 5) is 0.189. The molecule has 0 aliphatic heterocycles. The molecule has 3 aromatic rings. The normalized spacial score (nSPS) is 11.4. The van der Waals surface area contributed by atoms with Gasteiger partial charge in [-0.05, 0) is 57.2 Å². The molecule has 0 spiro atoms. The maximum atomic E-state index is 12.9. The summed E-state index contributed by atoms with van der Waals surface area (Å²) in [5.74, 6) is 0.660. The van der Waals surface area contributed by atoms with Gasteiger partial charge in [-0.2, -0.15) is 5.10 Å². The monoisotopic (exact) mass is 371 g/mol. The molecule has 0 saturated carbocycles. The van der Waals surface area contributed by atoms with Crippen LogP contribution in [0.25, 0.3) is 5.69 Å². The number of aromatic nitrogens is 2. The van der Waals surface area contributed by atoms with Crippen molar-refractivity contribution in [3.63, 3.8) is 0 Å². The van der Waals surface area contributed by atoms with Gasteiger partial charge in [-0.3, -0.25) is 4.72 Å². The number of ether oxygens (including phenoxy) is 1. The van der Waals surface area contributed by atoms with Gasteiger partial charge in [0.05, 0.1) is 24.2 Å². The molecule has 0 unspecified atom stereocenters. The number of sulfonamides is 1. The molecule has 3 rings (SSSR count). The maximum Gasteiger partial charge on any atom is 0.265 e. The molecule has 136 valence electrons. The molecule has 0 radical (unpaired) electrons. The molecule has 1 heterocycles. The minimum atomic E-state index is -3.76. The third-order valence-electron chi connectivity index (χ3n) is 4.11. The summed E-state index contributed by atoms with van der Waals surface area (Å²) in [6, 6.07) is 14.5. The van der Waals surface area contributed by atoms with Gasteiger partial charge in [0.25, 0.3) is 10.0 Å². The molecule has 0 fully saturated rings. The molecule has 0 aliphatic rings. The fourth-order valence-electron chi connectivity index (χ4n) is 2.82. The number of rotatable bonds is 5. The zero-order valence-corrected chi connectivity index (χ0v) is 16.0. The number of hydrogen-bond acceptors (Lipinski definition) is 4. The molecule has 7 heteroatoms. The average Bonchev–Trinajstić information content (AvgIpc) is 2.91. The van der Waals surface area contributed by atoms with Gasteiger partial charge in [0, 0.05) is 5.69 Å². The average molecular weight is 371 g/mol. The number of nitrogens with one attached hydrogen (secondary N) is 1. The Labute approximate surface area is 153 Å². The standard InChI is InChI=1S/C19H21N3O3S/c1-13-5-9-17(10-6-13)22-15(3)19(14(2)20-22)26(23,24)21-16-7-11-18(25-4)12-8-16/h5-12,21H,1-4H3. The predicted octanol–water partition coefficient (Wildman–Crippen LogP) is 3.61. The van der Waals surface area contributed by atoms with Crippen molar-refractivity contribution in [3.05, 3.63) is 65.5 Å². The van der Waals surface area contributed by atoms with E-state index in [1.54, 1.807) is 49.9 Å². The highest BCUT2D eigenvalue weighted by atomic mass is 32.2. The SMILES string of the molecule is COc1ccc(NS(=O)(=O)c2c(C)nn(-c3ccc(C)cc3)c2C)cc1. The van der Waals surface area contributed by atoms with Crippen molar-refractivity contribution in [2.24, 2.45) is 0 Å². The minimum Gasteiger partial charge on any atom is -0.497 e. The molecule has 1 N–H and O–H groups in total. The van der Waals surface area contributed by atoms with Crippen molar-refractivity contribution in [1.82, 2.24) is 9.78 Å². The van der Waals surface area contributed by atoms with E-state index in [1.165, 1.54) is 0 Å². The van der Waals surface area contributed by atoms with Crippen molar-refractivity contribution in [2.45, 2.75) is 25.7 Å². The van der Waals surface area contributed by atoms with Crippen molar-refractivity contribution >= 4 is 15.7 Å². The van der Waals surface area contributed by atoms with Crippen LogP contribution in [0.1, 0.15) is 17.0 Å². The Bertz CT molecular complexity index is 1020. The van der Waals surface area contributed by atoms with Crippen LogP contribution < -0.4 is 9.46 Å². The number of benzene rings is 2. The summed E-state index contributed by atoms with van der Waals surface area (Å²) in [6.45, 7) is 5.45. The third kappa shape index (κ3) is 3.43. The second kappa shape index (κ2) is 6.84. The van der Waals surface area contributed by atoms with Crippen molar-refractivity contribution in [1.29, 1.82) is 0 Å². The van der Waals surface area contributed by atoms with Crippen molar-refractivity contribution in [3.8, 4) is 11.4 Å². The van der Waals surface area contributed by atoms with Gasteiger partial charge in [-0.15, -0.1) is 0 Å². The van der Waals surface area contributed by atoms with Crippen LogP contribution in [0.2, 0.25) is 0 Å². The molecule has 2 aromatic carbocycles. The first-order valence-electron chi connectivity index (χ1n) is 8.12. The van der Waals surface area contributed by atoms with Crippen LogP contribution in [0.15, 0.2) is 53.4 Å². The molecule has 26 heavy (non-hydrogen) atoms. The topological polar surface area (TPSA) is 73.2 Å². The smallest absolute Gasteiger partial charge is 0.265 e. The molecule has 0 saturated heterocycles. The maximum absolute atomic E-state index is 12.9. The number of aryl methyl sites for hydroxylation is 2. The Kier molecular flexibility index (Phi) is 4.73. The quantitative estimate of drug-likeness (QED) is 0.744. The molecule has 6 nitrogen and oxygen atoms in total. The summed E-state index contributed by atoms with van der Waals surface area (Å²) >= 11 is 0. The lowest BCUT2D eigenvalue weighted by atomic mass is 10.2. The summed E-state index contributed by atoms with van der Waals surface area (Å²) in [7, 11) is -2.20. The first kappa shape index (κ1) is 18.0. The number of hydrogen-bond donors (Lipinski definition) is 1. The number of methoxy groups -OCH3 is 1. The van der Waals surface area contributed by atoms with Gasteiger partial charge in [-0.25, -0.2) is 13.1 Å². The van der Waals surface area contributed by atoms with Gasteiger partial charge < -0.3 is 4.74 Å². The van der Waals surface area contributed by atoms with Crippen LogP contribution in [0.3, 0.4) is 0 Å². The van der Waals surface area contributed by atoms with E-state index in [9.17, 15) is 8.42 Å². The van der Waals surface area contributed by atoms with Crippen molar-refractivity contribution < 1.29 is 13.2 Å². The lowest BCUT2D eigenvalue weighted by Crippen LogP contribution is -2.15. The van der Waals surface area contributed by atoms with E-state index >= 15 is 0 Å². The summed E-state index contributed by atoms with van der Waals surface area (Å²) in [6.07, 6.45) is 0. The van der Waals surface area contributed by atoms with E-state index in [0.29, 0.717) is 22.8 Å². The Balaban J connectivity index is 1.98. The molecule has 1 aromatic heterocycles. The highest BCUT2D eigenvalue weighted by Gasteiger charge is 2.25. The second-order valence-corrected chi connectivity index (χ2v) is 7.70. The van der Waals surface area contributed by atoms with Crippen LogP contribution in [0, 0.1) is 20.8 Å². The Hall–Kier alpha value is -2.80. The predicted molar refractivity (Wildman–Crippen MR) is 102 cm³/mol. The highest BCUT2D eigenvalue weighted by molar-refractivity contribution is 7.92. The minimum absolute atomic E-state index is 0.189. The van der Waals surface area contributed by atoms with Gasteiger partial charge in [0.2, 0.25) is 0 Å². The Morgan fingerprint density at radius 3 is 2.15 bits per heavy atom. The van der Waals surface area contributed by atoms with Crippen LogP contribution >= 0.6 is 0 Å². The van der Waals surface area contributed by atoms with E-state index in [0.717, 1.165) is 11.3 Å². The van der Waals surface area contributed by atoms with E-state index in [-0.39, 0.29) is 4.90 Å². The van der Waals surface area contributed by atoms with Gasteiger partial charge >= 0.3 is 0 Å². The molecule has 0 aliphatic carbocycles. The first-order chi connectivity index (χ1) is 12.3. The second-order valence-electron chi connectivity index (χ2n) is 6.08. The molecular formula is C19H21N3O3S. The fraction of sp³-hybridized carbons (Fsp3) is 0.211. The van der Waals surface area contributed by atoms with Crippen LogP contribution in [-0.2, 0) is 10.0 Å². The largest absolute Gasteiger partial charge is 0.497 e. The zero-order chi connectivity index (χ0) is 18.9. The van der Waals surface area contributed by atoms with E-state index in [4.69, 9.17) is 4.74 Å². The summed E-state index contributed by atoms with van der Waals surface area (Å²) < 4.78 is 35.1. The molecule has 0 amide bonds. The van der Waals surface area contributed by atoms with Gasteiger partial charge in [0.1, 0.15) is 10.6 Å². The summed E-state index contributed by atoms with van der Waals surface area (Å²) in [5, 5.41) is 4.42. The number of anilines is 1. The Morgan fingerprint density at radius 1 is 0.962 bits per heavy atom. The van der Waals surface area contributed by atoms with Crippen LogP contribution in [0.4, 0.5) is 5.69 Å². The lowest BCUT2D eigenvalue weighted by Gasteiger charge is -2.10. The molecule has 0 bridgehead atoms. The zero-order valence-electron chi connectivity index (χ0n) is 15.1. The first-order valence-corrected chi connectivity index (χ1v) is 9.60. The van der Waals surface area contributed by atoms with Crippen LogP contribution in [0.5, 0.6) is 5.75 Å². The highest BCUT2D eigenvalue weighted by Crippen LogP contribution is 2.25. The van der Waals surface area contributed by atoms with E-state index in [2.05, 4.69) is 9.82 Å². The molecular weight excluding hydrogens is 350 g/mol. The van der Waals surface area contributed by atoms with Crippen LogP contribution in [-0.4, -0.2) is 25.3 Å². The van der Waals surface area contributed by atoms with E-state index in [1.807, 2.05) is 31.2 Å². The van der Waals surface area contributed by atoms with Gasteiger partial charge in [0.15, 0.2) is 0 Å². The van der Waals surface area contributed by atoms with Crippen molar-refractivity contribution in [2.75, 3.05) is 11.8 Å². The summed E-state index contributed by atoms with van der Waals surface area (Å²) in [5.41, 5.74) is 3.43. The number of nitrogens with zero attached hydrogens (tertiary/aromatic N) is 2. The fourth-order valence-corrected chi connectivity index (χ4v) is 4.27. The lowest BCUT2D eigenvalue weighted by molar-refractivity contribution is 0.415. The third-order valence-corrected chi connectivity index (χ3v) is 5.75. The Morgan fingerprint density at radius 2 is 1.58 bits per heavy atom.